The van der Waals surface area contributed by atoms with Crippen molar-refractivity contribution in [3.63, 3.8) is 0 Å². The highest BCUT2D eigenvalue weighted by Crippen LogP contribution is 2.17. The summed E-state index contributed by atoms with van der Waals surface area (Å²) in [6.45, 7) is 3.84. The van der Waals surface area contributed by atoms with Crippen LogP contribution in [-0.2, 0) is 16.8 Å². The van der Waals surface area contributed by atoms with Gasteiger partial charge < -0.3 is 15.6 Å². The van der Waals surface area contributed by atoms with E-state index >= 15 is 0 Å². The van der Waals surface area contributed by atoms with E-state index in [0.29, 0.717) is 24.7 Å². The molecule has 1 amide bonds. The van der Waals surface area contributed by atoms with Crippen LogP contribution in [0, 0.1) is 6.92 Å². The highest BCUT2D eigenvalue weighted by Gasteiger charge is 2.29. The Bertz CT molecular complexity index is 584. The van der Waals surface area contributed by atoms with Crippen molar-refractivity contribution in [1.82, 2.24) is 15.5 Å². The molecule has 0 aliphatic rings. The van der Waals surface area contributed by atoms with Crippen molar-refractivity contribution in [2.75, 3.05) is 6.54 Å². The zero-order valence-electron chi connectivity index (χ0n) is 12.0. The van der Waals surface area contributed by atoms with E-state index in [2.05, 4.69) is 15.5 Å². The number of nitrogens with one attached hydrogen (secondary N) is 1. The number of carbonyl (C=O) groups is 1. The van der Waals surface area contributed by atoms with Gasteiger partial charge in [0.25, 0.3) is 0 Å². The smallest absolute Gasteiger partial charge is 0.244 e. The van der Waals surface area contributed by atoms with Gasteiger partial charge in [0.2, 0.25) is 11.8 Å². The first kappa shape index (κ1) is 17.1. The van der Waals surface area contributed by atoms with Gasteiger partial charge in [-0.15, -0.1) is 12.4 Å². The van der Waals surface area contributed by atoms with E-state index in [1.807, 2.05) is 30.3 Å². The highest BCUT2D eigenvalue weighted by atomic mass is 35.5. The van der Waals surface area contributed by atoms with Gasteiger partial charge in [0.05, 0.1) is 0 Å². The number of benzene rings is 1. The van der Waals surface area contributed by atoms with Crippen LogP contribution < -0.4 is 11.1 Å². The fraction of sp³-hybridized carbons (Fsp3) is 0.357. The maximum Gasteiger partial charge on any atom is 0.244 e. The second kappa shape index (κ2) is 7.19. The summed E-state index contributed by atoms with van der Waals surface area (Å²) in [6, 6.07) is 9.27. The predicted octanol–water partition coefficient (Wildman–Crippen LogP) is 1.33. The van der Waals surface area contributed by atoms with Crippen molar-refractivity contribution >= 4 is 18.3 Å². The van der Waals surface area contributed by atoms with Gasteiger partial charge in [-0.05, 0) is 19.4 Å². The molecule has 0 aliphatic carbocycles. The van der Waals surface area contributed by atoms with Gasteiger partial charge >= 0.3 is 0 Å². The number of nitrogens with zero attached hydrogens (tertiary/aromatic N) is 2. The second-order valence-corrected chi connectivity index (χ2v) is 4.81. The van der Waals surface area contributed by atoms with Crippen LogP contribution in [0.25, 0.3) is 0 Å². The largest absolute Gasteiger partial charge is 0.354 e. The number of amides is 1. The van der Waals surface area contributed by atoms with Crippen molar-refractivity contribution in [1.29, 1.82) is 0 Å². The van der Waals surface area contributed by atoms with Gasteiger partial charge in [-0.1, -0.05) is 35.5 Å². The Labute approximate surface area is 129 Å². The van der Waals surface area contributed by atoms with Crippen LogP contribution in [0.3, 0.4) is 0 Å². The molecule has 0 saturated carbocycles. The number of hydrogen-bond acceptors (Lipinski definition) is 5. The Morgan fingerprint density at radius 2 is 2.05 bits per heavy atom. The van der Waals surface area contributed by atoms with Crippen LogP contribution in [-0.4, -0.2) is 22.6 Å². The number of aromatic nitrogens is 2. The molecule has 0 bridgehead atoms. The van der Waals surface area contributed by atoms with Crippen molar-refractivity contribution in [3.8, 4) is 0 Å². The lowest BCUT2D eigenvalue weighted by Gasteiger charge is -2.23. The van der Waals surface area contributed by atoms with Gasteiger partial charge in [-0.25, -0.2) is 0 Å². The van der Waals surface area contributed by atoms with Crippen LogP contribution >= 0.6 is 12.4 Å². The maximum atomic E-state index is 12.2. The van der Waals surface area contributed by atoms with E-state index in [1.165, 1.54) is 0 Å². The second-order valence-electron chi connectivity index (χ2n) is 4.81. The lowest BCUT2D eigenvalue weighted by Crippen LogP contribution is -2.49. The summed E-state index contributed by atoms with van der Waals surface area (Å²) >= 11 is 0. The monoisotopic (exact) mass is 310 g/mol. The lowest BCUT2D eigenvalue weighted by atomic mass is 9.92. The summed E-state index contributed by atoms with van der Waals surface area (Å²) in [5.74, 6) is 0.848. The van der Waals surface area contributed by atoms with Crippen molar-refractivity contribution < 1.29 is 9.32 Å². The average Bonchev–Trinajstić information content (AvgIpc) is 2.85. The first-order chi connectivity index (χ1) is 9.50. The number of aryl methyl sites for hydroxylation is 1. The van der Waals surface area contributed by atoms with E-state index < -0.39 is 5.54 Å². The third-order valence-electron chi connectivity index (χ3n) is 3.04. The minimum atomic E-state index is -1.06. The average molecular weight is 311 g/mol. The Balaban J connectivity index is 0.00000220. The Kier molecular flexibility index (Phi) is 5.87. The summed E-state index contributed by atoms with van der Waals surface area (Å²) in [5, 5.41) is 6.47. The number of carbonyl (C=O) groups excluding carboxylic acids is 1. The maximum absolute atomic E-state index is 12.2. The standard InChI is InChI=1S/C14H18N4O2.ClH/c1-10-17-12(20-18-10)8-9-16-13(19)14(2,15)11-6-4-3-5-7-11;/h3-7H,8-9,15H2,1-2H3,(H,16,19);1H. The van der Waals surface area contributed by atoms with Crippen LogP contribution in [0.4, 0.5) is 0 Å². The lowest BCUT2D eigenvalue weighted by molar-refractivity contribution is -0.126. The van der Waals surface area contributed by atoms with Crippen LogP contribution in [0.15, 0.2) is 34.9 Å². The van der Waals surface area contributed by atoms with Gasteiger partial charge in [-0.2, -0.15) is 4.98 Å². The predicted molar refractivity (Wildman–Crippen MR) is 81.0 cm³/mol. The van der Waals surface area contributed by atoms with E-state index in [4.69, 9.17) is 10.3 Å². The highest BCUT2D eigenvalue weighted by molar-refractivity contribution is 5.87. The molecule has 1 unspecified atom stereocenters. The summed E-state index contributed by atoms with van der Waals surface area (Å²) in [4.78, 5) is 16.2. The summed E-state index contributed by atoms with van der Waals surface area (Å²) in [6.07, 6.45) is 0.484. The first-order valence-electron chi connectivity index (χ1n) is 6.42. The van der Waals surface area contributed by atoms with E-state index in [-0.39, 0.29) is 18.3 Å². The molecule has 1 atom stereocenters. The molecule has 3 N–H and O–H groups in total. The summed E-state index contributed by atoms with van der Waals surface area (Å²) in [7, 11) is 0. The molecule has 1 heterocycles. The Morgan fingerprint density at radius 3 is 2.62 bits per heavy atom. The molecule has 2 aromatic rings. The molecule has 0 fully saturated rings. The van der Waals surface area contributed by atoms with Gasteiger partial charge in [0.1, 0.15) is 5.54 Å². The summed E-state index contributed by atoms with van der Waals surface area (Å²) < 4.78 is 4.97. The fourth-order valence-electron chi connectivity index (χ4n) is 1.82. The van der Waals surface area contributed by atoms with Crippen LogP contribution in [0.5, 0.6) is 0 Å². The Morgan fingerprint density at radius 1 is 1.38 bits per heavy atom. The topological polar surface area (TPSA) is 94.0 Å². The molecule has 1 aromatic heterocycles. The molecule has 1 aromatic carbocycles. The third kappa shape index (κ3) is 4.27. The minimum Gasteiger partial charge on any atom is -0.354 e. The number of nitrogens with two attached hydrogens (primary N) is 1. The van der Waals surface area contributed by atoms with Crippen molar-refractivity contribution in [2.24, 2.45) is 5.73 Å². The summed E-state index contributed by atoms with van der Waals surface area (Å²) in [5.41, 5.74) is 5.81. The number of halogens is 1. The van der Waals surface area contributed by atoms with Crippen LogP contribution in [0.2, 0.25) is 0 Å². The third-order valence-corrected chi connectivity index (χ3v) is 3.04. The quantitative estimate of drug-likeness (QED) is 0.869. The molecule has 2 rings (SSSR count). The minimum absolute atomic E-state index is 0. The SMILES string of the molecule is Cc1noc(CCNC(=O)C(C)(N)c2ccccc2)n1.Cl. The molecule has 0 spiro atoms. The fourth-order valence-corrected chi connectivity index (χ4v) is 1.82. The number of rotatable bonds is 5. The van der Waals surface area contributed by atoms with E-state index in [9.17, 15) is 4.79 Å². The molecule has 0 saturated heterocycles. The van der Waals surface area contributed by atoms with Crippen LogP contribution in [0.1, 0.15) is 24.2 Å². The molecule has 6 nitrogen and oxygen atoms in total. The van der Waals surface area contributed by atoms with Gasteiger partial charge in [-0.3, -0.25) is 4.79 Å². The van der Waals surface area contributed by atoms with Gasteiger partial charge in [0.15, 0.2) is 5.82 Å². The van der Waals surface area contributed by atoms with E-state index in [1.54, 1.807) is 13.8 Å². The van der Waals surface area contributed by atoms with Crippen molar-refractivity contribution in [2.45, 2.75) is 25.8 Å². The number of hydrogen-bond donors (Lipinski definition) is 2. The normalized spacial score (nSPS) is 13.1. The molecule has 114 valence electrons. The molecule has 21 heavy (non-hydrogen) atoms. The zero-order chi connectivity index (χ0) is 14.6. The first-order valence-corrected chi connectivity index (χ1v) is 6.42. The Hall–Kier alpha value is -1.92. The molecule has 7 heteroatoms. The zero-order valence-corrected chi connectivity index (χ0v) is 12.8. The molecule has 0 radical (unpaired) electrons. The molecular weight excluding hydrogens is 292 g/mol. The van der Waals surface area contributed by atoms with E-state index in [0.717, 1.165) is 5.56 Å². The molecule has 0 aliphatic heterocycles. The molecular formula is C14H19ClN4O2. The van der Waals surface area contributed by atoms with Gasteiger partial charge in [0, 0.05) is 13.0 Å². The van der Waals surface area contributed by atoms with Crippen molar-refractivity contribution in [3.05, 3.63) is 47.6 Å².